The van der Waals surface area contributed by atoms with Gasteiger partial charge in [-0.1, -0.05) is 13.8 Å². The summed E-state index contributed by atoms with van der Waals surface area (Å²) in [5, 5.41) is 12.9. The van der Waals surface area contributed by atoms with Crippen molar-refractivity contribution in [1.82, 2.24) is 14.8 Å². The maximum atomic E-state index is 14.3. The van der Waals surface area contributed by atoms with E-state index in [1.165, 1.54) is 29.8 Å². The lowest BCUT2D eigenvalue weighted by atomic mass is 9.79. The highest BCUT2D eigenvalue weighted by molar-refractivity contribution is 6.09. The van der Waals surface area contributed by atoms with E-state index in [-0.39, 0.29) is 53.6 Å². The molecule has 9 nitrogen and oxygen atoms in total. The normalized spacial score (nSPS) is 20.3. The first-order valence-electron chi connectivity index (χ1n) is 13.3. The number of hydrogen-bond acceptors (Lipinski definition) is 5. The number of amides is 3. The van der Waals surface area contributed by atoms with Crippen LogP contribution in [0.1, 0.15) is 60.0 Å². The van der Waals surface area contributed by atoms with Crippen molar-refractivity contribution < 1.29 is 28.0 Å². The van der Waals surface area contributed by atoms with Crippen LogP contribution >= 0.6 is 0 Å². The highest BCUT2D eigenvalue weighted by Gasteiger charge is 2.57. The van der Waals surface area contributed by atoms with Crippen molar-refractivity contribution in [3.8, 4) is 6.07 Å². The molecule has 0 saturated carbocycles. The van der Waals surface area contributed by atoms with Crippen molar-refractivity contribution in [3.63, 3.8) is 0 Å². The number of nitrogens with one attached hydrogen (secondary N) is 2. The SMILES string of the molecule is CC(=O)c1ccc2c(c1)[C@@]1(C[C@@H](C#N)N(C(=O)[C@H](CC(C)C)N(C)C(=O)c3cc4c(F)cc(F)cc4[nH]3)C1)C(=O)N2. The van der Waals surface area contributed by atoms with E-state index in [2.05, 4.69) is 16.4 Å². The smallest absolute Gasteiger partial charge is 0.270 e. The number of aromatic nitrogens is 1. The van der Waals surface area contributed by atoms with Gasteiger partial charge in [0.15, 0.2) is 5.78 Å². The number of benzene rings is 2. The van der Waals surface area contributed by atoms with Gasteiger partial charge in [0.2, 0.25) is 11.8 Å². The molecule has 1 aromatic heterocycles. The number of fused-ring (bicyclic) bond motifs is 3. The van der Waals surface area contributed by atoms with Crippen molar-refractivity contribution in [2.75, 3.05) is 18.9 Å². The molecular weight excluding hydrogens is 532 g/mol. The molecule has 2 N–H and O–H groups in total. The molecule has 3 amide bonds. The van der Waals surface area contributed by atoms with Gasteiger partial charge in [-0.05, 0) is 55.2 Å². The number of carbonyl (C=O) groups is 4. The molecule has 0 radical (unpaired) electrons. The summed E-state index contributed by atoms with van der Waals surface area (Å²) >= 11 is 0. The molecule has 2 aliphatic heterocycles. The zero-order valence-electron chi connectivity index (χ0n) is 23.0. The Bertz CT molecular complexity index is 1660. The number of likely N-dealkylation sites (tertiary alicyclic amines) is 1. The number of likely N-dealkylation sites (N-methyl/N-ethyl adjacent to an activating group) is 1. The van der Waals surface area contributed by atoms with Gasteiger partial charge >= 0.3 is 0 Å². The molecule has 3 aromatic rings. The second-order valence-electron chi connectivity index (χ2n) is 11.3. The van der Waals surface area contributed by atoms with Crippen molar-refractivity contribution in [3.05, 3.63) is 64.9 Å². The third-order valence-corrected chi connectivity index (χ3v) is 8.07. The van der Waals surface area contributed by atoms with E-state index >= 15 is 0 Å². The largest absolute Gasteiger partial charge is 0.350 e. The fourth-order valence-corrected chi connectivity index (χ4v) is 5.91. The molecule has 5 rings (SSSR count). The second-order valence-corrected chi connectivity index (χ2v) is 11.3. The molecule has 0 aliphatic carbocycles. The minimum Gasteiger partial charge on any atom is -0.350 e. The number of aromatic amines is 1. The summed E-state index contributed by atoms with van der Waals surface area (Å²) in [7, 11) is 1.44. The molecule has 2 aliphatic rings. The standard InChI is InChI=1S/C30H29F2N5O4/c1-15(2)7-26(36(4)27(39)25-11-20-22(32)9-18(31)10-24(20)34-25)28(40)37-14-30(12-19(37)13-33)21-8-17(16(3)38)5-6-23(21)35-29(30)41/h5-6,8-11,15,19,26,34H,7,12,14H2,1-4H3,(H,35,41)/t19-,26-,30-/m0/s1. The van der Waals surface area contributed by atoms with Gasteiger partial charge in [0.25, 0.3) is 5.91 Å². The van der Waals surface area contributed by atoms with Gasteiger partial charge < -0.3 is 20.1 Å². The topological polar surface area (TPSA) is 126 Å². The number of halogens is 2. The number of hydrogen-bond donors (Lipinski definition) is 2. The Hall–Kier alpha value is -4.59. The zero-order valence-corrected chi connectivity index (χ0v) is 23.0. The summed E-state index contributed by atoms with van der Waals surface area (Å²) in [6.07, 6.45) is 0.289. The van der Waals surface area contributed by atoms with Crippen LogP contribution in [0.25, 0.3) is 10.9 Å². The Kier molecular flexibility index (Phi) is 6.89. The number of carbonyl (C=O) groups excluding carboxylic acids is 4. The van der Waals surface area contributed by atoms with Gasteiger partial charge in [-0.3, -0.25) is 19.2 Å². The summed E-state index contributed by atoms with van der Waals surface area (Å²) in [6.45, 7) is 5.09. The average molecular weight is 562 g/mol. The summed E-state index contributed by atoms with van der Waals surface area (Å²) in [4.78, 5) is 58.3. The molecular formula is C30H29F2N5O4. The number of nitriles is 1. The molecule has 1 saturated heterocycles. The van der Waals surface area contributed by atoms with Crippen molar-refractivity contribution >= 4 is 40.1 Å². The van der Waals surface area contributed by atoms with Crippen LogP contribution in [0.5, 0.6) is 0 Å². The summed E-state index contributed by atoms with van der Waals surface area (Å²) in [5.74, 6) is -3.31. The Morgan fingerprint density at radius 2 is 1.93 bits per heavy atom. The number of Topliss-reactive ketones (excluding diaryl/α,β-unsaturated/α-hetero) is 1. The van der Waals surface area contributed by atoms with Crippen LogP contribution < -0.4 is 5.32 Å². The van der Waals surface area contributed by atoms with Gasteiger partial charge in [-0.2, -0.15) is 5.26 Å². The molecule has 41 heavy (non-hydrogen) atoms. The lowest BCUT2D eigenvalue weighted by Gasteiger charge is -2.33. The Morgan fingerprint density at radius 3 is 2.59 bits per heavy atom. The lowest BCUT2D eigenvalue weighted by molar-refractivity contribution is -0.136. The van der Waals surface area contributed by atoms with Crippen LogP contribution in [-0.4, -0.2) is 64.0 Å². The van der Waals surface area contributed by atoms with Crippen LogP contribution in [-0.2, 0) is 15.0 Å². The van der Waals surface area contributed by atoms with E-state index < -0.39 is 40.9 Å². The molecule has 3 atom stereocenters. The molecule has 3 heterocycles. The molecule has 11 heteroatoms. The van der Waals surface area contributed by atoms with E-state index in [0.29, 0.717) is 16.8 Å². The lowest BCUT2D eigenvalue weighted by Crippen LogP contribution is -2.52. The van der Waals surface area contributed by atoms with Crippen molar-refractivity contribution in [1.29, 1.82) is 5.26 Å². The first-order valence-corrected chi connectivity index (χ1v) is 13.3. The van der Waals surface area contributed by atoms with E-state index in [1.807, 2.05) is 13.8 Å². The monoisotopic (exact) mass is 561 g/mol. The summed E-state index contributed by atoms with van der Waals surface area (Å²) in [5.41, 5.74) is 0.357. The van der Waals surface area contributed by atoms with Crippen LogP contribution in [0.3, 0.4) is 0 Å². The molecule has 0 bridgehead atoms. The molecule has 212 valence electrons. The average Bonchev–Trinajstić information content (AvgIpc) is 3.60. The fourth-order valence-electron chi connectivity index (χ4n) is 5.91. The van der Waals surface area contributed by atoms with E-state index in [9.17, 15) is 33.2 Å². The van der Waals surface area contributed by atoms with Gasteiger partial charge in [-0.15, -0.1) is 0 Å². The van der Waals surface area contributed by atoms with E-state index in [4.69, 9.17) is 0 Å². The Labute approximate surface area is 235 Å². The van der Waals surface area contributed by atoms with Crippen molar-refractivity contribution in [2.45, 2.75) is 51.1 Å². The number of H-pyrrole nitrogens is 1. The summed E-state index contributed by atoms with van der Waals surface area (Å²) in [6, 6.07) is 8.15. The third kappa shape index (κ3) is 4.63. The van der Waals surface area contributed by atoms with Gasteiger partial charge in [-0.25, -0.2) is 8.78 Å². The van der Waals surface area contributed by atoms with Crippen LogP contribution in [0.15, 0.2) is 36.4 Å². The predicted molar refractivity (Wildman–Crippen MR) is 146 cm³/mol. The quantitative estimate of drug-likeness (QED) is 0.438. The van der Waals surface area contributed by atoms with Gasteiger partial charge in [0, 0.05) is 42.7 Å². The fraction of sp³-hybridized carbons (Fsp3) is 0.367. The summed E-state index contributed by atoms with van der Waals surface area (Å²) < 4.78 is 28.0. The number of anilines is 1. The second kappa shape index (κ2) is 10.1. The zero-order chi connectivity index (χ0) is 29.8. The molecule has 1 spiro atoms. The Balaban J connectivity index is 1.48. The van der Waals surface area contributed by atoms with Crippen LogP contribution in [0.2, 0.25) is 0 Å². The first-order chi connectivity index (χ1) is 19.4. The van der Waals surface area contributed by atoms with Crippen LogP contribution in [0, 0.1) is 28.9 Å². The highest BCUT2D eigenvalue weighted by atomic mass is 19.1. The highest BCUT2D eigenvalue weighted by Crippen LogP contribution is 2.47. The van der Waals surface area contributed by atoms with Crippen molar-refractivity contribution in [2.24, 2.45) is 5.92 Å². The number of nitrogens with zero attached hydrogens (tertiary/aromatic N) is 3. The maximum Gasteiger partial charge on any atom is 0.270 e. The number of ketones is 1. The first kappa shape index (κ1) is 28.0. The van der Waals surface area contributed by atoms with Gasteiger partial charge in [0.1, 0.15) is 29.4 Å². The molecule has 2 aromatic carbocycles. The molecule has 1 fully saturated rings. The van der Waals surface area contributed by atoms with Gasteiger partial charge in [0.05, 0.1) is 17.0 Å². The minimum atomic E-state index is -1.22. The molecule has 0 unspecified atom stereocenters. The maximum absolute atomic E-state index is 14.3. The Morgan fingerprint density at radius 1 is 1.20 bits per heavy atom. The van der Waals surface area contributed by atoms with E-state index in [1.54, 1.807) is 18.2 Å². The number of rotatable bonds is 6. The van der Waals surface area contributed by atoms with E-state index in [0.717, 1.165) is 12.1 Å². The van der Waals surface area contributed by atoms with Crippen LogP contribution in [0.4, 0.5) is 14.5 Å². The minimum absolute atomic E-state index is 0.0239. The third-order valence-electron chi connectivity index (χ3n) is 8.07. The predicted octanol–water partition coefficient (Wildman–Crippen LogP) is 4.15.